The molecule has 0 unspecified atom stereocenters. The molecule has 0 atom stereocenters. The molecule has 1 aromatic carbocycles. The number of hydrogen-bond acceptors (Lipinski definition) is 2. The van der Waals surface area contributed by atoms with Crippen molar-refractivity contribution in [2.45, 2.75) is 13.1 Å². The zero-order valence-electron chi connectivity index (χ0n) is 8.25. The fourth-order valence-electron chi connectivity index (χ4n) is 1.63. The highest BCUT2D eigenvalue weighted by molar-refractivity contribution is 5.99. The van der Waals surface area contributed by atoms with Gasteiger partial charge in [0.1, 0.15) is 0 Å². The topological polar surface area (TPSA) is 41.1 Å². The van der Waals surface area contributed by atoms with E-state index in [0.29, 0.717) is 0 Å². The Bertz CT molecular complexity index is 390. The quantitative estimate of drug-likeness (QED) is 0.753. The average molecular weight is 225 g/mol. The monoisotopic (exact) mass is 224 g/mol. The average Bonchev–Trinajstić information content (AvgIpc) is 2.66. The standard InChI is InChI=1S/C11H12N2O.ClH/c1-2-11(14)13-10-5-3-4-8-6-12-7-9(8)10;/h2-5,12H,1,6-7H2,(H,13,14);1H. The summed E-state index contributed by atoms with van der Waals surface area (Å²) in [5.41, 5.74) is 3.33. The molecular weight excluding hydrogens is 212 g/mol. The van der Waals surface area contributed by atoms with E-state index in [1.807, 2.05) is 12.1 Å². The number of amides is 1. The van der Waals surface area contributed by atoms with Gasteiger partial charge in [0.05, 0.1) is 0 Å². The lowest BCUT2D eigenvalue weighted by Gasteiger charge is -2.07. The molecular formula is C11H13ClN2O. The molecule has 4 heteroatoms. The van der Waals surface area contributed by atoms with E-state index in [4.69, 9.17) is 0 Å². The summed E-state index contributed by atoms with van der Waals surface area (Å²) in [7, 11) is 0. The van der Waals surface area contributed by atoms with Crippen molar-refractivity contribution in [2.24, 2.45) is 0 Å². The fourth-order valence-corrected chi connectivity index (χ4v) is 1.63. The zero-order valence-corrected chi connectivity index (χ0v) is 9.06. The summed E-state index contributed by atoms with van der Waals surface area (Å²) in [5, 5.41) is 6.04. The van der Waals surface area contributed by atoms with Crippen LogP contribution in [0.15, 0.2) is 30.9 Å². The van der Waals surface area contributed by atoms with Gasteiger partial charge >= 0.3 is 0 Å². The zero-order chi connectivity index (χ0) is 9.97. The summed E-state index contributed by atoms with van der Waals surface area (Å²) in [6.45, 7) is 5.13. The maximum absolute atomic E-state index is 11.1. The van der Waals surface area contributed by atoms with Crippen LogP contribution in [0, 0.1) is 0 Å². The molecule has 0 radical (unpaired) electrons. The van der Waals surface area contributed by atoms with Crippen molar-refractivity contribution in [2.75, 3.05) is 5.32 Å². The molecule has 0 aliphatic carbocycles. The van der Waals surface area contributed by atoms with Crippen LogP contribution in [0.1, 0.15) is 11.1 Å². The van der Waals surface area contributed by atoms with Gasteiger partial charge in [-0.05, 0) is 23.3 Å². The molecule has 15 heavy (non-hydrogen) atoms. The largest absolute Gasteiger partial charge is 0.322 e. The lowest BCUT2D eigenvalue weighted by Crippen LogP contribution is -2.09. The molecule has 1 aliphatic rings. The van der Waals surface area contributed by atoms with Gasteiger partial charge in [-0.15, -0.1) is 12.4 Å². The van der Waals surface area contributed by atoms with Crippen LogP contribution in [0.25, 0.3) is 0 Å². The number of fused-ring (bicyclic) bond motifs is 1. The normalized spacial score (nSPS) is 12.5. The minimum absolute atomic E-state index is 0. The van der Waals surface area contributed by atoms with Crippen molar-refractivity contribution in [3.63, 3.8) is 0 Å². The van der Waals surface area contributed by atoms with Crippen molar-refractivity contribution in [1.29, 1.82) is 0 Å². The Kier molecular flexibility index (Phi) is 3.88. The van der Waals surface area contributed by atoms with E-state index in [-0.39, 0.29) is 18.3 Å². The molecule has 2 rings (SSSR count). The van der Waals surface area contributed by atoms with Crippen molar-refractivity contribution in [3.05, 3.63) is 42.0 Å². The van der Waals surface area contributed by atoms with Gasteiger partial charge < -0.3 is 10.6 Å². The van der Waals surface area contributed by atoms with Crippen LogP contribution in [0.2, 0.25) is 0 Å². The van der Waals surface area contributed by atoms with Gasteiger partial charge in [-0.25, -0.2) is 0 Å². The first-order chi connectivity index (χ1) is 6.81. The molecule has 0 saturated carbocycles. The predicted octanol–water partition coefficient (Wildman–Crippen LogP) is 1.84. The molecule has 0 fully saturated rings. The Hall–Kier alpha value is -1.32. The number of benzene rings is 1. The van der Waals surface area contributed by atoms with Gasteiger partial charge in [-0.1, -0.05) is 18.7 Å². The number of carbonyl (C=O) groups excluding carboxylic acids is 1. The molecule has 3 nitrogen and oxygen atoms in total. The van der Waals surface area contributed by atoms with E-state index in [9.17, 15) is 4.79 Å². The summed E-state index contributed by atoms with van der Waals surface area (Å²) in [5.74, 6) is -0.162. The molecule has 1 aromatic rings. The molecule has 1 aliphatic heterocycles. The molecule has 0 spiro atoms. The van der Waals surface area contributed by atoms with Crippen LogP contribution in [-0.2, 0) is 17.9 Å². The van der Waals surface area contributed by atoms with Gasteiger partial charge in [0.15, 0.2) is 0 Å². The number of carbonyl (C=O) groups is 1. The highest BCUT2D eigenvalue weighted by atomic mass is 35.5. The Labute approximate surface area is 95.0 Å². The van der Waals surface area contributed by atoms with E-state index in [0.717, 1.165) is 18.8 Å². The maximum atomic E-state index is 11.1. The molecule has 1 amide bonds. The number of anilines is 1. The first kappa shape index (κ1) is 11.8. The third kappa shape index (κ3) is 2.37. The Balaban J connectivity index is 0.00000112. The minimum atomic E-state index is -0.162. The van der Waals surface area contributed by atoms with E-state index in [1.54, 1.807) is 0 Å². The minimum Gasteiger partial charge on any atom is -0.322 e. The van der Waals surface area contributed by atoms with E-state index in [2.05, 4.69) is 23.3 Å². The molecule has 0 aromatic heterocycles. The van der Waals surface area contributed by atoms with Crippen LogP contribution in [0.5, 0.6) is 0 Å². The lowest BCUT2D eigenvalue weighted by atomic mass is 10.1. The first-order valence-corrected chi connectivity index (χ1v) is 4.56. The molecule has 2 N–H and O–H groups in total. The summed E-state index contributed by atoms with van der Waals surface area (Å²) < 4.78 is 0. The van der Waals surface area contributed by atoms with Crippen molar-refractivity contribution in [1.82, 2.24) is 5.32 Å². The van der Waals surface area contributed by atoms with Crippen LogP contribution >= 0.6 is 12.4 Å². The van der Waals surface area contributed by atoms with Gasteiger partial charge in [0.2, 0.25) is 5.91 Å². The van der Waals surface area contributed by atoms with E-state index in [1.165, 1.54) is 17.2 Å². The Morgan fingerprint density at radius 1 is 1.47 bits per heavy atom. The third-order valence-electron chi connectivity index (χ3n) is 2.33. The van der Waals surface area contributed by atoms with Gasteiger partial charge in [0, 0.05) is 18.8 Å². The highest BCUT2D eigenvalue weighted by Gasteiger charge is 2.13. The number of hydrogen-bond donors (Lipinski definition) is 2. The van der Waals surface area contributed by atoms with Crippen LogP contribution in [0.4, 0.5) is 5.69 Å². The summed E-state index contributed by atoms with van der Waals surface area (Å²) in [4.78, 5) is 11.1. The number of nitrogens with one attached hydrogen (secondary N) is 2. The summed E-state index contributed by atoms with van der Waals surface area (Å²) in [6, 6.07) is 5.93. The van der Waals surface area contributed by atoms with Gasteiger partial charge in [-0.2, -0.15) is 0 Å². The van der Waals surface area contributed by atoms with Crippen molar-refractivity contribution in [3.8, 4) is 0 Å². The second-order valence-corrected chi connectivity index (χ2v) is 3.24. The first-order valence-electron chi connectivity index (χ1n) is 4.56. The highest BCUT2D eigenvalue weighted by Crippen LogP contribution is 2.23. The van der Waals surface area contributed by atoms with Gasteiger partial charge in [0.25, 0.3) is 0 Å². The van der Waals surface area contributed by atoms with Crippen molar-refractivity contribution < 1.29 is 4.79 Å². The van der Waals surface area contributed by atoms with Crippen LogP contribution < -0.4 is 10.6 Å². The second-order valence-electron chi connectivity index (χ2n) is 3.24. The molecule has 1 heterocycles. The SMILES string of the molecule is C=CC(=O)Nc1cccc2c1CNC2.Cl. The van der Waals surface area contributed by atoms with Crippen LogP contribution in [-0.4, -0.2) is 5.91 Å². The lowest BCUT2D eigenvalue weighted by molar-refractivity contribution is -0.111. The Morgan fingerprint density at radius 3 is 3.00 bits per heavy atom. The summed E-state index contributed by atoms with van der Waals surface area (Å²) >= 11 is 0. The number of halogens is 1. The Morgan fingerprint density at radius 2 is 2.27 bits per heavy atom. The maximum Gasteiger partial charge on any atom is 0.247 e. The number of rotatable bonds is 2. The van der Waals surface area contributed by atoms with E-state index < -0.39 is 0 Å². The van der Waals surface area contributed by atoms with Crippen LogP contribution in [0.3, 0.4) is 0 Å². The molecule has 0 bridgehead atoms. The summed E-state index contributed by atoms with van der Waals surface area (Å²) in [6.07, 6.45) is 1.28. The fraction of sp³-hybridized carbons (Fsp3) is 0.182. The van der Waals surface area contributed by atoms with Crippen molar-refractivity contribution >= 4 is 24.0 Å². The third-order valence-corrected chi connectivity index (χ3v) is 2.33. The van der Waals surface area contributed by atoms with Gasteiger partial charge in [-0.3, -0.25) is 4.79 Å². The smallest absolute Gasteiger partial charge is 0.247 e. The van der Waals surface area contributed by atoms with E-state index >= 15 is 0 Å². The molecule has 0 saturated heterocycles. The predicted molar refractivity (Wildman–Crippen MR) is 63.1 cm³/mol. The molecule has 80 valence electrons. The second kappa shape index (κ2) is 4.96.